The van der Waals surface area contributed by atoms with Crippen LogP contribution < -0.4 is 0 Å². The highest BCUT2D eigenvalue weighted by Crippen LogP contribution is 2.71. The van der Waals surface area contributed by atoms with Crippen LogP contribution in [0.1, 0.15) is 25.0 Å². The van der Waals surface area contributed by atoms with Crippen molar-refractivity contribution < 1.29 is 18.6 Å². The lowest BCUT2D eigenvalue weighted by molar-refractivity contribution is -0.694. The van der Waals surface area contributed by atoms with Gasteiger partial charge in [-0.2, -0.15) is 0 Å². The summed E-state index contributed by atoms with van der Waals surface area (Å²) in [5, 5.41) is 11.0. The van der Waals surface area contributed by atoms with Gasteiger partial charge in [0.15, 0.2) is 5.16 Å². The zero-order valence-corrected chi connectivity index (χ0v) is 13.9. The van der Waals surface area contributed by atoms with Crippen LogP contribution in [-0.2, 0) is 18.9 Å². The maximum atomic E-state index is 13.6. The SMILES string of the molecule is CCOP1(=O)O[N+]([O-])=C(C)C1(c1ccccc1)c1ccccc1. The van der Waals surface area contributed by atoms with E-state index in [-0.39, 0.29) is 6.61 Å². The lowest BCUT2D eigenvalue weighted by atomic mass is 9.86. The van der Waals surface area contributed by atoms with Crippen LogP contribution >= 0.6 is 7.60 Å². The van der Waals surface area contributed by atoms with Crippen molar-refractivity contribution >= 4 is 13.3 Å². The van der Waals surface area contributed by atoms with Crippen molar-refractivity contribution in [1.82, 2.24) is 0 Å². The molecule has 0 saturated carbocycles. The van der Waals surface area contributed by atoms with Crippen molar-refractivity contribution in [2.75, 3.05) is 6.61 Å². The van der Waals surface area contributed by atoms with E-state index in [1.54, 1.807) is 13.8 Å². The Morgan fingerprint density at radius 2 is 1.57 bits per heavy atom. The summed E-state index contributed by atoms with van der Waals surface area (Å²) in [7, 11) is -3.79. The third kappa shape index (κ3) is 2.19. The van der Waals surface area contributed by atoms with Crippen LogP contribution in [0.2, 0.25) is 0 Å². The van der Waals surface area contributed by atoms with Crippen molar-refractivity contribution in [2.45, 2.75) is 19.0 Å². The fourth-order valence-corrected chi connectivity index (χ4v) is 5.53. The first-order valence-electron chi connectivity index (χ1n) is 7.43. The van der Waals surface area contributed by atoms with Gasteiger partial charge in [0.25, 0.3) is 0 Å². The van der Waals surface area contributed by atoms with E-state index in [0.29, 0.717) is 21.7 Å². The molecule has 0 spiro atoms. The van der Waals surface area contributed by atoms with E-state index < -0.39 is 12.8 Å². The molecule has 0 fully saturated rings. The van der Waals surface area contributed by atoms with Crippen LogP contribution in [0, 0.1) is 5.21 Å². The lowest BCUT2D eigenvalue weighted by Crippen LogP contribution is -2.34. The molecular formula is C17H18NO4P. The predicted octanol–water partition coefficient (Wildman–Crippen LogP) is 4.08. The first-order chi connectivity index (χ1) is 11.1. The van der Waals surface area contributed by atoms with Gasteiger partial charge < -0.3 is 9.15 Å². The number of nitrogens with zero attached hydrogens (tertiary/aromatic N) is 1. The molecule has 0 N–H and O–H groups in total. The van der Waals surface area contributed by atoms with Crippen molar-refractivity contribution in [3.63, 3.8) is 0 Å². The summed E-state index contributed by atoms with van der Waals surface area (Å²) < 4.78 is 24.3. The average molecular weight is 331 g/mol. The molecule has 0 amide bonds. The Hall–Kier alpha value is -2.10. The molecule has 0 saturated heterocycles. The number of rotatable bonds is 4. The molecule has 1 aliphatic rings. The Labute approximate surface area is 135 Å². The summed E-state index contributed by atoms with van der Waals surface area (Å²) in [6.45, 7) is 3.54. The molecule has 1 atom stereocenters. The largest absolute Gasteiger partial charge is 0.350 e. The molecule has 1 heterocycles. The van der Waals surface area contributed by atoms with Gasteiger partial charge in [0, 0.05) is 11.8 Å². The van der Waals surface area contributed by atoms with Gasteiger partial charge >= 0.3 is 7.60 Å². The normalized spacial score (nSPS) is 22.9. The quantitative estimate of drug-likeness (QED) is 0.626. The maximum Gasteiger partial charge on any atom is 0.350 e. The minimum atomic E-state index is -3.79. The van der Waals surface area contributed by atoms with Gasteiger partial charge in [-0.3, -0.25) is 9.77 Å². The van der Waals surface area contributed by atoms with Gasteiger partial charge in [0.1, 0.15) is 0 Å². The minimum absolute atomic E-state index is 0.180. The number of hydrogen-bond acceptors (Lipinski definition) is 4. The van der Waals surface area contributed by atoms with E-state index in [1.807, 2.05) is 60.7 Å². The molecule has 1 unspecified atom stereocenters. The Morgan fingerprint density at radius 1 is 1.09 bits per heavy atom. The van der Waals surface area contributed by atoms with Crippen molar-refractivity contribution in [3.05, 3.63) is 77.0 Å². The molecular weight excluding hydrogens is 313 g/mol. The van der Waals surface area contributed by atoms with Crippen LogP contribution in [-0.4, -0.2) is 17.2 Å². The van der Waals surface area contributed by atoms with E-state index in [4.69, 9.17) is 9.15 Å². The van der Waals surface area contributed by atoms with E-state index in [9.17, 15) is 9.77 Å². The first kappa shape index (κ1) is 15.8. The second-order valence-electron chi connectivity index (χ2n) is 5.28. The second-order valence-corrected chi connectivity index (χ2v) is 7.37. The molecule has 3 rings (SSSR count). The molecule has 0 bridgehead atoms. The topological polar surface area (TPSA) is 61.6 Å². The third-order valence-corrected chi connectivity index (χ3v) is 6.70. The molecule has 5 nitrogen and oxygen atoms in total. The standard InChI is InChI=1S/C17H18NO4P/c1-3-21-23(20)17(14(2)18(19)22-23,15-10-6-4-7-11-15)16-12-8-5-9-13-16/h4-13H,3H2,1-2H3. The lowest BCUT2D eigenvalue weighted by Gasteiger charge is -2.32. The van der Waals surface area contributed by atoms with Gasteiger partial charge in [-0.05, 0) is 18.1 Å². The monoisotopic (exact) mass is 331 g/mol. The number of benzene rings is 2. The molecule has 2 aromatic rings. The van der Waals surface area contributed by atoms with Gasteiger partial charge in [0.2, 0.25) is 5.71 Å². The van der Waals surface area contributed by atoms with Crippen LogP contribution in [0.5, 0.6) is 0 Å². The highest BCUT2D eigenvalue weighted by molar-refractivity contribution is 7.56. The van der Waals surface area contributed by atoms with Crippen LogP contribution in [0.3, 0.4) is 0 Å². The summed E-state index contributed by atoms with van der Waals surface area (Å²) >= 11 is 0. The molecule has 6 heteroatoms. The minimum Gasteiger partial charge on any atom is -0.316 e. The molecule has 120 valence electrons. The van der Waals surface area contributed by atoms with Gasteiger partial charge in [-0.1, -0.05) is 60.7 Å². The zero-order valence-electron chi connectivity index (χ0n) is 13.0. The Balaban J connectivity index is 2.38. The fourth-order valence-electron chi connectivity index (χ4n) is 3.10. The average Bonchev–Trinajstić information content (AvgIpc) is 2.76. The van der Waals surface area contributed by atoms with E-state index in [2.05, 4.69) is 0 Å². The van der Waals surface area contributed by atoms with Crippen molar-refractivity contribution in [1.29, 1.82) is 0 Å². The Kier molecular flexibility index (Phi) is 4.00. The molecule has 0 radical (unpaired) electrons. The smallest absolute Gasteiger partial charge is 0.316 e. The highest BCUT2D eigenvalue weighted by Gasteiger charge is 2.64. The van der Waals surface area contributed by atoms with Crippen LogP contribution in [0.25, 0.3) is 0 Å². The van der Waals surface area contributed by atoms with E-state index in [1.165, 1.54) is 0 Å². The van der Waals surface area contributed by atoms with Gasteiger partial charge in [-0.25, -0.2) is 0 Å². The second kappa shape index (κ2) is 5.84. The van der Waals surface area contributed by atoms with Crippen molar-refractivity contribution in [2.24, 2.45) is 0 Å². The fraction of sp³-hybridized carbons (Fsp3) is 0.235. The van der Waals surface area contributed by atoms with Crippen LogP contribution in [0.15, 0.2) is 60.7 Å². The zero-order chi connectivity index (χ0) is 16.5. The molecule has 23 heavy (non-hydrogen) atoms. The van der Waals surface area contributed by atoms with E-state index >= 15 is 0 Å². The maximum absolute atomic E-state index is 13.6. The van der Waals surface area contributed by atoms with Crippen molar-refractivity contribution in [3.8, 4) is 0 Å². The van der Waals surface area contributed by atoms with Crippen LogP contribution in [0.4, 0.5) is 0 Å². The molecule has 1 aliphatic heterocycles. The highest BCUT2D eigenvalue weighted by atomic mass is 31.2. The first-order valence-corrected chi connectivity index (χ1v) is 8.97. The molecule has 2 aromatic carbocycles. The molecule has 0 aliphatic carbocycles. The van der Waals surface area contributed by atoms with Gasteiger partial charge in [0.05, 0.1) is 6.61 Å². The summed E-state index contributed by atoms with van der Waals surface area (Å²) in [6.07, 6.45) is 0. The summed E-state index contributed by atoms with van der Waals surface area (Å²) in [5.74, 6) is 0. The third-order valence-electron chi connectivity index (χ3n) is 4.07. The van der Waals surface area contributed by atoms with E-state index in [0.717, 1.165) is 0 Å². The Bertz CT molecular complexity index is 734. The summed E-state index contributed by atoms with van der Waals surface area (Å²) in [6, 6.07) is 18.5. The summed E-state index contributed by atoms with van der Waals surface area (Å²) in [4.78, 5) is 0.330. The van der Waals surface area contributed by atoms with Gasteiger partial charge in [-0.15, -0.1) is 0 Å². The predicted molar refractivity (Wildman–Crippen MR) is 88.3 cm³/mol. The molecule has 0 aromatic heterocycles. The number of hydrogen-bond donors (Lipinski definition) is 0. The summed E-state index contributed by atoms with van der Waals surface area (Å²) in [5.41, 5.74) is 1.71. The Morgan fingerprint density at radius 3 is 2.00 bits per heavy atom.